The summed E-state index contributed by atoms with van der Waals surface area (Å²) < 4.78 is 1.84. The second-order valence-corrected chi connectivity index (χ2v) is 2.38. The highest BCUT2D eigenvalue weighted by Crippen LogP contribution is 1.97. The molecule has 0 bridgehead atoms. The summed E-state index contributed by atoms with van der Waals surface area (Å²) in [5.41, 5.74) is 1.40. The van der Waals surface area contributed by atoms with E-state index < -0.39 is 0 Å². The summed E-state index contributed by atoms with van der Waals surface area (Å²) in [6.07, 6.45) is 4.94. The van der Waals surface area contributed by atoms with Crippen LogP contribution in [0.3, 0.4) is 0 Å². The number of rotatable bonds is 4. The fourth-order valence-corrected chi connectivity index (χ4v) is 0.556. The molecule has 0 aliphatic rings. The van der Waals surface area contributed by atoms with E-state index >= 15 is 0 Å². The van der Waals surface area contributed by atoms with Crippen molar-refractivity contribution in [3.63, 3.8) is 0 Å². The molecule has 0 aromatic rings. The molecule has 56 valence electrons. The molecule has 0 atom stereocenters. The zero-order valence-corrected chi connectivity index (χ0v) is 6.93. The molecule has 10 heavy (non-hydrogen) atoms. The minimum atomic E-state index is 0.958. The first-order valence-electron chi connectivity index (χ1n) is 3.52. The van der Waals surface area contributed by atoms with Crippen LogP contribution in [0.15, 0.2) is 24.4 Å². The maximum absolute atomic E-state index is 3.75. The van der Waals surface area contributed by atoms with Gasteiger partial charge in [-0.2, -0.15) is 0 Å². The fraction of sp³-hybridized carbons (Fsp3) is 0.444. The Hall–Kier alpha value is -0.850. The van der Waals surface area contributed by atoms with Gasteiger partial charge in [-0.25, -0.2) is 4.58 Å². The van der Waals surface area contributed by atoms with Crippen molar-refractivity contribution in [2.24, 2.45) is 0 Å². The van der Waals surface area contributed by atoms with Gasteiger partial charge in [-0.1, -0.05) is 11.6 Å². The normalized spacial score (nSPS) is 11.2. The van der Waals surface area contributed by atoms with Crippen molar-refractivity contribution in [2.75, 3.05) is 6.54 Å². The zero-order valence-electron chi connectivity index (χ0n) is 6.93. The zero-order chi connectivity index (χ0) is 7.98. The molecule has 1 nitrogen and oxygen atoms in total. The first-order valence-corrected chi connectivity index (χ1v) is 3.52. The molecule has 0 aliphatic heterocycles. The Kier molecular flexibility index (Phi) is 4.55. The Morgan fingerprint density at radius 3 is 2.60 bits per heavy atom. The van der Waals surface area contributed by atoms with E-state index in [1.165, 1.54) is 5.57 Å². The SMILES string of the molecule is C=C[N+](=C)CCC(C)=CC. The Morgan fingerprint density at radius 1 is 1.60 bits per heavy atom. The quantitative estimate of drug-likeness (QED) is 0.318. The van der Waals surface area contributed by atoms with Crippen molar-refractivity contribution in [1.82, 2.24) is 0 Å². The van der Waals surface area contributed by atoms with E-state index in [2.05, 4.69) is 33.2 Å². The molecule has 0 heterocycles. The monoisotopic (exact) mass is 138 g/mol. The van der Waals surface area contributed by atoms with Gasteiger partial charge in [-0.3, -0.25) is 0 Å². The van der Waals surface area contributed by atoms with Gasteiger partial charge >= 0.3 is 0 Å². The third-order valence-electron chi connectivity index (χ3n) is 1.54. The van der Waals surface area contributed by atoms with Gasteiger partial charge in [0, 0.05) is 6.42 Å². The summed E-state index contributed by atoms with van der Waals surface area (Å²) in [5, 5.41) is 0. The van der Waals surface area contributed by atoms with Gasteiger partial charge in [0.25, 0.3) is 0 Å². The van der Waals surface area contributed by atoms with E-state index in [0.717, 1.165) is 13.0 Å². The summed E-state index contributed by atoms with van der Waals surface area (Å²) in [7, 11) is 0. The number of hydrogen-bond acceptors (Lipinski definition) is 0. The van der Waals surface area contributed by atoms with Gasteiger partial charge in [-0.05, 0) is 20.4 Å². The highest BCUT2D eigenvalue weighted by Gasteiger charge is 1.94. The predicted octanol–water partition coefficient (Wildman–Crippen LogP) is 2.20. The Balaban J connectivity index is 3.55. The molecule has 0 amide bonds. The Morgan fingerprint density at radius 2 is 2.20 bits per heavy atom. The molecule has 0 spiro atoms. The van der Waals surface area contributed by atoms with Crippen LogP contribution in [0.4, 0.5) is 0 Å². The third-order valence-corrected chi connectivity index (χ3v) is 1.54. The van der Waals surface area contributed by atoms with Crippen LogP contribution < -0.4 is 0 Å². The number of allylic oxidation sites excluding steroid dienone is 1. The highest BCUT2D eigenvalue weighted by molar-refractivity contribution is 5.15. The van der Waals surface area contributed by atoms with Gasteiger partial charge in [0.15, 0.2) is 12.7 Å². The van der Waals surface area contributed by atoms with Crippen LogP contribution in [0.1, 0.15) is 20.3 Å². The van der Waals surface area contributed by atoms with Gasteiger partial charge in [0.1, 0.15) is 6.72 Å². The maximum atomic E-state index is 3.75. The smallest absolute Gasteiger partial charge is 0.161 e. The molecule has 0 radical (unpaired) electrons. The van der Waals surface area contributed by atoms with Crippen molar-refractivity contribution in [3.05, 3.63) is 24.4 Å². The van der Waals surface area contributed by atoms with Crippen LogP contribution in [0.25, 0.3) is 0 Å². The predicted molar refractivity (Wildman–Crippen MR) is 46.5 cm³/mol. The van der Waals surface area contributed by atoms with Crippen LogP contribution in [-0.2, 0) is 0 Å². The van der Waals surface area contributed by atoms with Crippen molar-refractivity contribution < 1.29 is 4.58 Å². The molecule has 0 fully saturated rings. The minimum Gasteiger partial charge on any atom is -0.212 e. The minimum absolute atomic E-state index is 0.958. The van der Waals surface area contributed by atoms with E-state index in [-0.39, 0.29) is 0 Å². The maximum Gasteiger partial charge on any atom is 0.161 e. The second-order valence-electron chi connectivity index (χ2n) is 2.38. The van der Waals surface area contributed by atoms with Crippen molar-refractivity contribution in [3.8, 4) is 0 Å². The topological polar surface area (TPSA) is 3.01 Å². The molecule has 1 heteroatoms. The summed E-state index contributed by atoms with van der Waals surface area (Å²) in [6, 6.07) is 0. The lowest BCUT2D eigenvalue weighted by atomic mass is 10.2. The summed E-state index contributed by atoms with van der Waals surface area (Å²) in [5.74, 6) is 0. The summed E-state index contributed by atoms with van der Waals surface area (Å²) in [6.45, 7) is 12.5. The molecule has 0 N–H and O–H groups in total. The Labute approximate surface area is 63.4 Å². The lowest BCUT2D eigenvalue weighted by Crippen LogP contribution is -2.02. The van der Waals surface area contributed by atoms with Gasteiger partial charge in [-0.15, -0.1) is 0 Å². The van der Waals surface area contributed by atoms with Gasteiger partial charge in [0.05, 0.1) is 0 Å². The molecule has 0 saturated carbocycles. The molecule has 0 aromatic carbocycles. The van der Waals surface area contributed by atoms with Crippen molar-refractivity contribution in [2.45, 2.75) is 20.3 Å². The average Bonchev–Trinajstić information content (AvgIpc) is 1.99. The molecular formula is C9H16N+. The van der Waals surface area contributed by atoms with Gasteiger partial charge < -0.3 is 0 Å². The van der Waals surface area contributed by atoms with Crippen LogP contribution >= 0.6 is 0 Å². The fourth-order valence-electron chi connectivity index (χ4n) is 0.556. The van der Waals surface area contributed by atoms with E-state index in [1.807, 2.05) is 4.58 Å². The van der Waals surface area contributed by atoms with Crippen molar-refractivity contribution >= 4 is 6.72 Å². The molecule has 0 aromatic heterocycles. The lowest BCUT2D eigenvalue weighted by molar-refractivity contribution is -0.446. The van der Waals surface area contributed by atoms with Gasteiger partial charge in [0.2, 0.25) is 0 Å². The molecule has 0 rings (SSSR count). The summed E-state index contributed by atoms with van der Waals surface area (Å²) in [4.78, 5) is 0. The van der Waals surface area contributed by atoms with Crippen LogP contribution in [0.2, 0.25) is 0 Å². The van der Waals surface area contributed by atoms with Crippen molar-refractivity contribution in [1.29, 1.82) is 0 Å². The number of nitrogens with zero attached hydrogens (tertiary/aromatic N) is 1. The lowest BCUT2D eigenvalue weighted by Gasteiger charge is -1.95. The molecule has 0 aliphatic carbocycles. The van der Waals surface area contributed by atoms with E-state index in [0.29, 0.717) is 0 Å². The van der Waals surface area contributed by atoms with Crippen LogP contribution in [0.5, 0.6) is 0 Å². The first-order chi connectivity index (χ1) is 4.70. The first kappa shape index (κ1) is 9.15. The second kappa shape index (κ2) is 4.98. The third kappa shape index (κ3) is 4.07. The van der Waals surface area contributed by atoms with Crippen LogP contribution in [0, 0.1) is 0 Å². The highest BCUT2D eigenvalue weighted by atomic mass is 14.9. The van der Waals surface area contributed by atoms with Crippen LogP contribution in [-0.4, -0.2) is 17.8 Å². The largest absolute Gasteiger partial charge is 0.212 e. The summed E-state index contributed by atoms with van der Waals surface area (Å²) >= 11 is 0. The molecular weight excluding hydrogens is 122 g/mol. The van der Waals surface area contributed by atoms with E-state index in [9.17, 15) is 0 Å². The average molecular weight is 138 g/mol. The molecule has 0 saturated heterocycles. The standard InChI is InChI=1S/C9H16N/c1-5-9(3)7-8-10(4)6-2/h5-6H,2,4,7-8H2,1,3H3/q+1. The Bertz CT molecular complexity index is 152. The van der Waals surface area contributed by atoms with E-state index in [4.69, 9.17) is 0 Å². The molecule has 0 unspecified atom stereocenters. The van der Waals surface area contributed by atoms with E-state index in [1.54, 1.807) is 6.20 Å². The number of hydrogen-bond donors (Lipinski definition) is 0.